The van der Waals surface area contributed by atoms with E-state index in [2.05, 4.69) is 26.2 Å². The Labute approximate surface area is 118 Å². The summed E-state index contributed by atoms with van der Waals surface area (Å²) < 4.78 is 0.464. The predicted molar refractivity (Wildman–Crippen MR) is 73.2 cm³/mol. The van der Waals surface area contributed by atoms with Crippen molar-refractivity contribution < 1.29 is 14.8 Å². The van der Waals surface area contributed by atoms with Crippen molar-refractivity contribution in [3.8, 4) is 0 Å². The third-order valence-corrected chi connectivity index (χ3v) is 3.91. The smallest absolute Gasteiger partial charge is 0.308 e. The maximum absolute atomic E-state index is 10.9. The van der Waals surface area contributed by atoms with Gasteiger partial charge < -0.3 is 10.4 Å². The number of nitrogens with one attached hydrogen (secondary N) is 1. The zero-order chi connectivity index (χ0) is 14.7. The SMILES string of the molecule is Cc1c([N+](=O)[O-])cnc(NC(C)C(C)C(=O)O)c1Br. The molecule has 7 nitrogen and oxygen atoms in total. The Kier molecular flexibility index (Phi) is 4.82. The first-order valence-corrected chi connectivity index (χ1v) is 6.33. The fourth-order valence-corrected chi connectivity index (χ4v) is 1.83. The van der Waals surface area contributed by atoms with Gasteiger partial charge in [-0.2, -0.15) is 0 Å². The van der Waals surface area contributed by atoms with Crippen molar-refractivity contribution in [3.05, 3.63) is 26.3 Å². The Balaban J connectivity index is 3.01. The van der Waals surface area contributed by atoms with Gasteiger partial charge in [0.1, 0.15) is 12.0 Å². The van der Waals surface area contributed by atoms with E-state index in [9.17, 15) is 14.9 Å². The molecule has 2 atom stereocenters. The van der Waals surface area contributed by atoms with Gasteiger partial charge in [0, 0.05) is 11.6 Å². The highest BCUT2D eigenvalue weighted by Crippen LogP contribution is 2.31. The minimum absolute atomic E-state index is 0.0867. The summed E-state index contributed by atoms with van der Waals surface area (Å²) in [6, 6.07) is -0.359. The average Bonchev–Trinajstić information content (AvgIpc) is 2.33. The van der Waals surface area contributed by atoms with Crippen molar-refractivity contribution in [2.24, 2.45) is 5.92 Å². The second-order valence-electron chi connectivity index (χ2n) is 4.25. The zero-order valence-corrected chi connectivity index (χ0v) is 12.3. The van der Waals surface area contributed by atoms with Gasteiger partial charge in [-0.05, 0) is 36.7 Å². The zero-order valence-electron chi connectivity index (χ0n) is 10.7. The van der Waals surface area contributed by atoms with Crippen molar-refractivity contribution in [1.29, 1.82) is 0 Å². The van der Waals surface area contributed by atoms with Crippen molar-refractivity contribution in [2.45, 2.75) is 26.8 Å². The van der Waals surface area contributed by atoms with Gasteiger partial charge in [0.15, 0.2) is 0 Å². The molecule has 0 aliphatic rings. The normalized spacial score (nSPS) is 13.7. The molecule has 0 amide bonds. The van der Waals surface area contributed by atoms with E-state index >= 15 is 0 Å². The number of hydrogen-bond acceptors (Lipinski definition) is 5. The van der Waals surface area contributed by atoms with Gasteiger partial charge in [-0.25, -0.2) is 4.98 Å². The van der Waals surface area contributed by atoms with Gasteiger partial charge in [-0.15, -0.1) is 0 Å². The van der Waals surface area contributed by atoms with E-state index in [0.717, 1.165) is 6.20 Å². The molecule has 1 heterocycles. The van der Waals surface area contributed by atoms with Crippen LogP contribution in [0.3, 0.4) is 0 Å². The topological polar surface area (TPSA) is 105 Å². The summed E-state index contributed by atoms with van der Waals surface area (Å²) in [7, 11) is 0. The third-order valence-electron chi connectivity index (χ3n) is 2.94. The number of nitrogens with zero attached hydrogens (tertiary/aromatic N) is 2. The molecule has 0 bridgehead atoms. The summed E-state index contributed by atoms with van der Waals surface area (Å²) in [6.07, 6.45) is 1.15. The van der Waals surface area contributed by atoms with Crippen LogP contribution in [0.25, 0.3) is 0 Å². The second kappa shape index (κ2) is 5.96. The van der Waals surface area contributed by atoms with Gasteiger partial charge in [-0.1, -0.05) is 0 Å². The van der Waals surface area contributed by atoms with Crippen LogP contribution in [0.1, 0.15) is 19.4 Å². The standard InChI is InChI=1S/C11H14BrN3O4/c1-5(11(16)17)7(3)14-10-9(12)6(2)8(4-13-10)15(18)19/h4-5,7H,1-3H3,(H,13,14)(H,16,17). The molecule has 0 fully saturated rings. The molecule has 2 N–H and O–H groups in total. The van der Waals surface area contributed by atoms with E-state index in [-0.39, 0.29) is 11.7 Å². The van der Waals surface area contributed by atoms with Crippen LogP contribution in [0, 0.1) is 23.0 Å². The van der Waals surface area contributed by atoms with Gasteiger partial charge in [-0.3, -0.25) is 14.9 Å². The largest absolute Gasteiger partial charge is 0.481 e. The van der Waals surface area contributed by atoms with E-state index in [0.29, 0.717) is 15.9 Å². The van der Waals surface area contributed by atoms with Crippen LogP contribution in [-0.4, -0.2) is 27.0 Å². The molecule has 0 saturated heterocycles. The van der Waals surface area contributed by atoms with Crippen molar-refractivity contribution in [3.63, 3.8) is 0 Å². The minimum atomic E-state index is -0.922. The number of halogens is 1. The summed E-state index contributed by atoms with van der Waals surface area (Å²) in [5.41, 5.74) is 0.356. The number of aliphatic carboxylic acids is 1. The van der Waals surface area contributed by atoms with Crippen LogP contribution < -0.4 is 5.32 Å². The first-order chi connectivity index (χ1) is 8.75. The number of anilines is 1. The Morgan fingerprint density at radius 2 is 2.16 bits per heavy atom. The Hall–Kier alpha value is -1.70. The molecule has 2 unspecified atom stereocenters. The number of pyridine rings is 1. The maximum atomic E-state index is 10.9. The molecule has 0 radical (unpaired) electrons. The molecule has 1 rings (SSSR count). The first-order valence-electron chi connectivity index (χ1n) is 5.54. The third kappa shape index (κ3) is 3.40. The maximum Gasteiger partial charge on any atom is 0.308 e. The lowest BCUT2D eigenvalue weighted by Gasteiger charge is -2.19. The van der Waals surface area contributed by atoms with E-state index in [1.54, 1.807) is 20.8 Å². The summed E-state index contributed by atoms with van der Waals surface area (Å²) in [5, 5.41) is 22.6. The molecule has 0 saturated carbocycles. The Bertz CT molecular complexity index is 521. The molecule has 0 aromatic carbocycles. The van der Waals surface area contributed by atoms with E-state index in [1.165, 1.54) is 0 Å². The molecule has 0 spiro atoms. The summed E-state index contributed by atoms with van der Waals surface area (Å²) >= 11 is 3.24. The molecular formula is C11H14BrN3O4. The number of carboxylic acid groups (broad SMARTS) is 1. The molecule has 1 aromatic heterocycles. The highest BCUT2D eigenvalue weighted by Gasteiger charge is 2.22. The number of rotatable bonds is 5. The van der Waals surface area contributed by atoms with Gasteiger partial charge in [0.2, 0.25) is 0 Å². The van der Waals surface area contributed by atoms with E-state index < -0.39 is 16.8 Å². The number of hydrogen-bond donors (Lipinski definition) is 2. The lowest BCUT2D eigenvalue weighted by molar-refractivity contribution is -0.385. The number of aromatic nitrogens is 1. The van der Waals surface area contributed by atoms with Crippen LogP contribution in [-0.2, 0) is 4.79 Å². The monoisotopic (exact) mass is 331 g/mol. The van der Waals surface area contributed by atoms with E-state index in [1.807, 2.05) is 0 Å². The molecule has 8 heteroatoms. The van der Waals surface area contributed by atoms with Crippen molar-refractivity contribution in [2.75, 3.05) is 5.32 Å². The molecule has 1 aromatic rings. The fourth-order valence-electron chi connectivity index (χ4n) is 1.41. The number of nitro groups is 1. The minimum Gasteiger partial charge on any atom is -0.481 e. The highest BCUT2D eigenvalue weighted by molar-refractivity contribution is 9.10. The fraction of sp³-hybridized carbons (Fsp3) is 0.455. The summed E-state index contributed by atoms with van der Waals surface area (Å²) in [5.74, 6) is -1.14. The predicted octanol–water partition coefficient (Wildman–Crippen LogP) is 2.58. The highest BCUT2D eigenvalue weighted by atomic mass is 79.9. The van der Waals surface area contributed by atoms with Crippen LogP contribution in [0.2, 0.25) is 0 Å². The van der Waals surface area contributed by atoms with Gasteiger partial charge in [0.25, 0.3) is 5.69 Å². The van der Waals surface area contributed by atoms with Crippen LogP contribution in [0.15, 0.2) is 10.7 Å². The number of carbonyl (C=O) groups is 1. The number of carboxylic acids is 1. The first kappa shape index (κ1) is 15.4. The van der Waals surface area contributed by atoms with Gasteiger partial charge >= 0.3 is 5.97 Å². The average molecular weight is 332 g/mol. The lowest BCUT2D eigenvalue weighted by Crippen LogP contribution is -2.30. The molecule has 0 aliphatic carbocycles. The van der Waals surface area contributed by atoms with Gasteiger partial charge in [0.05, 0.1) is 15.3 Å². The molecular weight excluding hydrogens is 318 g/mol. The van der Waals surface area contributed by atoms with Crippen molar-refractivity contribution in [1.82, 2.24) is 4.98 Å². The summed E-state index contributed by atoms with van der Waals surface area (Å²) in [6.45, 7) is 4.89. The molecule has 104 valence electrons. The van der Waals surface area contributed by atoms with Crippen molar-refractivity contribution >= 4 is 33.4 Å². The Morgan fingerprint density at radius 1 is 1.58 bits per heavy atom. The Morgan fingerprint density at radius 3 is 2.63 bits per heavy atom. The summed E-state index contributed by atoms with van der Waals surface area (Å²) in [4.78, 5) is 25.1. The lowest BCUT2D eigenvalue weighted by atomic mass is 10.0. The molecule has 19 heavy (non-hydrogen) atoms. The molecule has 0 aliphatic heterocycles. The quantitative estimate of drug-likeness (QED) is 0.634. The van der Waals surface area contributed by atoms with E-state index in [4.69, 9.17) is 5.11 Å². The van der Waals surface area contributed by atoms with Crippen LogP contribution >= 0.6 is 15.9 Å². The van der Waals surface area contributed by atoms with Crippen LogP contribution in [0.5, 0.6) is 0 Å². The second-order valence-corrected chi connectivity index (χ2v) is 5.04. The van der Waals surface area contributed by atoms with Crippen LogP contribution in [0.4, 0.5) is 11.5 Å².